The lowest BCUT2D eigenvalue weighted by molar-refractivity contribution is 0.399. The van der Waals surface area contributed by atoms with Crippen molar-refractivity contribution in [2.45, 2.75) is 78.3 Å². The monoisotopic (exact) mass is 406 g/mol. The van der Waals surface area contributed by atoms with Crippen LogP contribution in [-0.2, 0) is 12.8 Å². The summed E-state index contributed by atoms with van der Waals surface area (Å²) >= 11 is 0. The molecule has 30 heavy (non-hydrogen) atoms. The van der Waals surface area contributed by atoms with E-state index in [1.807, 2.05) is 36.7 Å². The Kier molecular flexibility index (Phi) is 7.30. The molecule has 0 bridgehead atoms. The van der Waals surface area contributed by atoms with Gasteiger partial charge in [-0.3, -0.25) is 9.98 Å². The van der Waals surface area contributed by atoms with Crippen LogP contribution in [0, 0.1) is 13.8 Å². The second-order valence-corrected chi connectivity index (χ2v) is 8.45. The lowest BCUT2D eigenvalue weighted by Gasteiger charge is -2.23. The standard InChI is InChI=1S/C26H34N2O2/c1-5-19-11-17(3)13-21(25(19)29)15-27-23-7-9-24(10-8-23)28-16-22-14-18(4)12-20(6-2)26(22)30/h11-16,23-24,29-30H,5-10H2,1-4H3. The van der Waals surface area contributed by atoms with Crippen molar-refractivity contribution >= 4 is 12.4 Å². The molecule has 1 aliphatic carbocycles. The van der Waals surface area contributed by atoms with Crippen LogP contribution in [0.25, 0.3) is 0 Å². The summed E-state index contributed by atoms with van der Waals surface area (Å²) in [5.74, 6) is 0.712. The maximum atomic E-state index is 10.4. The smallest absolute Gasteiger partial charge is 0.127 e. The first-order chi connectivity index (χ1) is 14.4. The van der Waals surface area contributed by atoms with Crippen LogP contribution in [0.5, 0.6) is 11.5 Å². The van der Waals surface area contributed by atoms with E-state index in [2.05, 4.69) is 27.7 Å². The van der Waals surface area contributed by atoms with Gasteiger partial charge in [-0.1, -0.05) is 26.0 Å². The van der Waals surface area contributed by atoms with Crippen LogP contribution in [0.4, 0.5) is 0 Å². The van der Waals surface area contributed by atoms with Crippen LogP contribution in [0.15, 0.2) is 34.3 Å². The lowest BCUT2D eigenvalue weighted by Crippen LogP contribution is -2.20. The lowest BCUT2D eigenvalue weighted by atomic mass is 9.92. The van der Waals surface area contributed by atoms with Crippen LogP contribution in [0.1, 0.15) is 72.9 Å². The molecular weight excluding hydrogens is 372 g/mol. The number of aliphatic imine (C=N–C) groups is 2. The van der Waals surface area contributed by atoms with E-state index < -0.39 is 0 Å². The van der Waals surface area contributed by atoms with Crippen LogP contribution < -0.4 is 0 Å². The van der Waals surface area contributed by atoms with Crippen molar-refractivity contribution in [1.82, 2.24) is 0 Å². The first kappa shape index (κ1) is 22.1. The zero-order valence-electron chi connectivity index (χ0n) is 18.7. The SMILES string of the molecule is CCc1cc(C)cc(C=NC2CCC(N=Cc3cc(C)cc(CC)c3O)CC2)c1O. The summed E-state index contributed by atoms with van der Waals surface area (Å²) in [6, 6.07) is 8.61. The van der Waals surface area contributed by atoms with Crippen molar-refractivity contribution in [3.8, 4) is 11.5 Å². The summed E-state index contributed by atoms with van der Waals surface area (Å²) in [7, 11) is 0. The second-order valence-electron chi connectivity index (χ2n) is 8.45. The van der Waals surface area contributed by atoms with E-state index in [9.17, 15) is 10.2 Å². The van der Waals surface area contributed by atoms with Gasteiger partial charge in [-0.25, -0.2) is 0 Å². The number of hydrogen-bond acceptors (Lipinski definition) is 4. The van der Waals surface area contributed by atoms with Crippen molar-refractivity contribution < 1.29 is 10.2 Å². The number of phenolic OH excluding ortho intramolecular Hbond substituents is 2. The Balaban J connectivity index is 1.61. The van der Waals surface area contributed by atoms with E-state index in [-0.39, 0.29) is 12.1 Å². The number of rotatable bonds is 6. The van der Waals surface area contributed by atoms with E-state index in [4.69, 9.17) is 9.98 Å². The topological polar surface area (TPSA) is 65.2 Å². The minimum atomic E-state index is 0.278. The third-order valence-electron chi connectivity index (χ3n) is 6.00. The number of hydrogen-bond donors (Lipinski definition) is 2. The molecular formula is C26H34N2O2. The molecule has 1 saturated carbocycles. The summed E-state index contributed by atoms with van der Waals surface area (Å²) in [5, 5.41) is 20.8. The zero-order valence-corrected chi connectivity index (χ0v) is 18.7. The molecule has 1 aliphatic rings. The first-order valence-corrected chi connectivity index (χ1v) is 11.1. The number of phenols is 2. The molecule has 4 nitrogen and oxygen atoms in total. The van der Waals surface area contributed by atoms with Crippen LogP contribution in [-0.4, -0.2) is 34.7 Å². The molecule has 0 spiro atoms. The van der Waals surface area contributed by atoms with E-state index in [1.165, 1.54) is 0 Å². The van der Waals surface area contributed by atoms with Crippen molar-refractivity contribution in [3.05, 3.63) is 57.6 Å². The van der Waals surface area contributed by atoms with Gasteiger partial charge in [0.15, 0.2) is 0 Å². The van der Waals surface area contributed by atoms with E-state index >= 15 is 0 Å². The van der Waals surface area contributed by atoms with Crippen LogP contribution in [0.3, 0.4) is 0 Å². The van der Waals surface area contributed by atoms with Gasteiger partial charge >= 0.3 is 0 Å². The molecule has 0 saturated heterocycles. The summed E-state index contributed by atoms with van der Waals surface area (Å²) in [6.07, 6.45) is 9.27. The number of benzene rings is 2. The Morgan fingerprint density at radius 2 is 1.10 bits per heavy atom. The van der Waals surface area contributed by atoms with E-state index in [0.29, 0.717) is 11.5 Å². The van der Waals surface area contributed by atoms with Gasteiger partial charge in [0, 0.05) is 23.6 Å². The summed E-state index contributed by atoms with van der Waals surface area (Å²) in [5.41, 5.74) is 5.87. The summed E-state index contributed by atoms with van der Waals surface area (Å²) in [6.45, 7) is 8.21. The molecule has 3 rings (SSSR count). The first-order valence-electron chi connectivity index (χ1n) is 11.1. The highest BCUT2D eigenvalue weighted by Crippen LogP contribution is 2.28. The van der Waals surface area contributed by atoms with E-state index in [1.54, 1.807) is 0 Å². The van der Waals surface area contributed by atoms with Gasteiger partial charge in [0.2, 0.25) is 0 Å². The Bertz CT molecular complexity index is 861. The highest BCUT2D eigenvalue weighted by molar-refractivity contribution is 5.85. The van der Waals surface area contributed by atoms with Crippen LogP contribution in [0.2, 0.25) is 0 Å². The second kappa shape index (κ2) is 9.92. The average molecular weight is 407 g/mol. The highest BCUT2D eigenvalue weighted by atomic mass is 16.3. The predicted molar refractivity (Wildman–Crippen MR) is 126 cm³/mol. The number of aromatic hydroxyl groups is 2. The molecule has 160 valence electrons. The average Bonchev–Trinajstić information content (AvgIpc) is 2.75. The van der Waals surface area contributed by atoms with Gasteiger partial charge in [-0.05, 0) is 86.8 Å². The molecule has 2 aromatic carbocycles. The molecule has 2 N–H and O–H groups in total. The Morgan fingerprint density at radius 3 is 1.43 bits per heavy atom. The molecule has 0 heterocycles. The zero-order chi connectivity index (χ0) is 21.7. The molecule has 0 aromatic heterocycles. The Hall–Kier alpha value is -2.62. The number of aryl methyl sites for hydroxylation is 4. The fourth-order valence-electron chi connectivity index (χ4n) is 4.23. The minimum absolute atomic E-state index is 0.278. The molecule has 0 radical (unpaired) electrons. The Morgan fingerprint density at radius 1 is 0.733 bits per heavy atom. The fourth-order valence-corrected chi connectivity index (χ4v) is 4.23. The molecule has 1 fully saturated rings. The van der Waals surface area contributed by atoms with Gasteiger partial charge in [-0.2, -0.15) is 0 Å². The van der Waals surface area contributed by atoms with Gasteiger partial charge in [-0.15, -0.1) is 0 Å². The van der Waals surface area contributed by atoms with Crippen molar-refractivity contribution in [2.24, 2.45) is 9.98 Å². The fraction of sp³-hybridized carbons (Fsp3) is 0.462. The predicted octanol–water partition coefficient (Wildman–Crippen LogP) is 5.69. The van der Waals surface area contributed by atoms with Gasteiger partial charge < -0.3 is 10.2 Å². The summed E-state index contributed by atoms with van der Waals surface area (Å²) < 4.78 is 0. The van der Waals surface area contributed by atoms with E-state index in [0.717, 1.165) is 71.9 Å². The van der Waals surface area contributed by atoms with Crippen LogP contribution >= 0.6 is 0 Å². The normalized spacial score (nSPS) is 19.7. The third-order valence-corrected chi connectivity index (χ3v) is 6.00. The highest BCUT2D eigenvalue weighted by Gasteiger charge is 2.20. The molecule has 2 aromatic rings. The largest absolute Gasteiger partial charge is 0.507 e. The number of nitrogens with zero attached hydrogens (tertiary/aromatic N) is 2. The Labute approximate surface area is 180 Å². The maximum absolute atomic E-state index is 10.4. The van der Waals surface area contributed by atoms with Crippen molar-refractivity contribution in [2.75, 3.05) is 0 Å². The van der Waals surface area contributed by atoms with Gasteiger partial charge in [0.1, 0.15) is 11.5 Å². The third kappa shape index (κ3) is 5.29. The molecule has 0 unspecified atom stereocenters. The van der Waals surface area contributed by atoms with Crippen molar-refractivity contribution in [3.63, 3.8) is 0 Å². The molecule has 4 heteroatoms. The summed E-state index contributed by atoms with van der Waals surface area (Å²) in [4.78, 5) is 9.51. The molecule has 0 aliphatic heterocycles. The minimum Gasteiger partial charge on any atom is -0.507 e. The maximum Gasteiger partial charge on any atom is 0.127 e. The molecule has 0 atom stereocenters. The van der Waals surface area contributed by atoms with Gasteiger partial charge in [0.05, 0.1) is 12.1 Å². The van der Waals surface area contributed by atoms with Gasteiger partial charge in [0.25, 0.3) is 0 Å². The molecule has 0 amide bonds. The quantitative estimate of drug-likeness (QED) is 0.605. The van der Waals surface area contributed by atoms with Crippen molar-refractivity contribution in [1.29, 1.82) is 0 Å².